The number of nitrogens with two attached hydrogens (primary N) is 1. The number of benzene rings is 1. The van der Waals surface area contributed by atoms with Gasteiger partial charge in [-0.3, -0.25) is 0 Å². The van der Waals surface area contributed by atoms with Gasteiger partial charge in [0.1, 0.15) is 11.5 Å². The lowest BCUT2D eigenvalue weighted by Crippen LogP contribution is -2.10. The number of aryl methyl sites for hydroxylation is 1. The first-order valence-corrected chi connectivity index (χ1v) is 6.38. The number of aromatic hydroxyl groups is 1. The minimum absolute atomic E-state index is 0.0410. The summed E-state index contributed by atoms with van der Waals surface area (Å²) in [6, 6.07) is 1.67. The number of phenols is 1. The topological polar surface area (TPSA) is 81.8 Å². The third-order valence-corrected chi connectivity index (χ3v) is 2.82. The van der Waals surface area contributed by atoms with Gasteiger partial charge >= 0.3 is 5.97 Å². The molecule has 0 saturated carbocycles. The van der Waals surface area contributed by atoms with Crippen LogP contribution < -0.4 is 10.5 Å². The third kappa shape index (κ3) is 3.91. The molecule has 5 nitrogen and oxygen atoms in total. The summed E-state index contributed by atoms with van der Waals surface area (Å²) in [5.74, 6) is 0.254. The van der Waals surface area contributed by atoms with Crippen LogP contribution in [0, 0.1) is 13.8 Å². The van der Waals surface area contributed by atoms with Crippen molar-refractivity contribution in [2.24, 2.45) is 0 Å². The van der Waals surface area contributed by atoms with Crippen LogP contribution in [-0.4, -0.2) is 24.3 Å². The second-order valence-corrected chi connectivity index (χ2v) is 4.70. The fourth-order valence-electron chi connectivity index (χ4n) is 1.73. The molecule has 110 valence electrons. The highest BCUT2D eigenvalue weighted by Crippen LogP contribution is 2.35. The second kappa shape index (κ2) is 6.84. The van der Waals surface area contributed by atoms with E-state index >= 15 is 0 Å². The van der Waals surface area contributed by atoms with E-state index in [4.69, 9.17) is 15.2 Å². The standard InChI is InChI=1S/C15H21NO4/c1-9(2)15(18)20-7-5-6-19-14-10(3)8-12(16)13(17)11(14)4/h8,17H,1,5-7,16H2,2-4H3. The van der Waals surface area contributed by atoms with Gasteiger partial charge in [0, 0.05) is 17.6 Å². The van der Waals surface area contributed by atoms with Crippen LogP contribution in [0.1, 0.15) is 24.5 Å². The van der Waals surface area contributed by atoms with Gasteiger partial charge in [0.2, 0.25) is 0 Å². The van der Waals surface area contributed by atoms with Crippen LogP contribution >= 0.6 is 0 Å². The first kappa shape index (κ1) is 15.9. The number of hydrogen-bond donors (Lipinski definition) is 2. The van der Waals surface area contributed by atoms with Gasteiger partial charge in [-0.1, -0.05) is 6.58 Å². The van der Waals surface area contributed by atoms with Crippen molar-refractivity contribution in [2.45, 2.75) is 27.2 Å². The minimum Gasteiger partial charge on any atom is -0.505 e. The average Bonchev–Trinajstić information content (AvgIpc) is 2.38. The van der Waals surface area contributed by atoms with Crippen LogP contribution in [-0.2, 0) is 9.53 Å². The SMILES string of the molecule is C=C(C)C(=O)OCCCOc1c(C)cc(N)c(O)c1C. The summed E-state index contributed by atoms with van der Waals surface area (Å²) in [7, 11) is 0. The van der Waals surface area contributed by atoms with Crippen molar-refractivity contribution in [1.82, 2.24) is 0 Å². The van der Waals surface area contributed by atoms with Crippen LogP contribution in [0.3, 0.4) is 0 Å². The predicted molar refractivity (Wildman–Crippen MR) is 77.9 cm³/mol. The van der Waals surface area contributed by atoms with Crippen LogP contribution in [0.25, 0.3) is 0 Å². The summed E-state index contributed by atoms with van der Waals surface area (Å²) >= 11 is 0. The van der Waals surface area contributed by atoms with E-state index in [1.165, 1.54) is 0 Å². The van der Waals surface area contributed by atoms with E-state index in [0.717, 1.165) is 5.56 Å². The van der Waals surface area contributed by atoms with Crippen molar-refractivity contribution in [3.8, 4) is 11.5 Å². The molecule has 0 atom stereocenters. The first-order valence-electron chi connectivity index (χ1n) is 6.38. The molecule has 0 aliphatic heterocycles. The Morgan fingerprint density at radius 3 is 2.65 bits per heavy atom. The predicted octanol–water partition coefficient (Wildman–Crippen LogP) is 2.48. The monoisotopic (exact) mass is 279 g/mol. The maximum atomic E-state index is 11.2. The molecule has 0 aliphatic carbocycles. The molecule has 0 bridgehead atoms. The smallest absolute Gasteiger partial charge is 0.333 e. The maximum Gasteiger partial charge on any atom is 0.333 e. The van der Waals surface area contributed by atoms with Crippen molar-refractivity contribution in [3.05, 3.63) is 29.3 Å². The molecule has 5 heteroatoms. The van der Waals surface area contributed by atoms with Gasteiger partial charge in [0.15, 0.2) is 0 Å². The quantitative estimate of drug-likeness (QED) is 0.275. The highest BCUT2D eigenvalue weighted by atomic mass is 16.5. The Balaban J connectivity index is 2.49. The minimum atomic E-state index is -0.400. The number of phenolic OH excluding ortho intramolecular Hbond substituents is 1. The highest BCUT2D eigenvalue weighted by molar-refractivity contribution is 5.86. The van der Waals surface area contributed by atoms with Gasteiger partial charge in [-0.25, -0.2) is 4.79 Å². The molecule has 1 aromatic rings. The van der Waals surface area contributed by atoms with E-state index in [9.17, 15) is 9.90 Å². The summed E-state index contributed by atoms with van der Waals surface area (Å²) in [5.41, 5.74) is 7.84. The average molecular weight is 279 g/mol. The summed E-state index contributed by atoms with van der Waals surface area (Å²) in [4.78, 5) is 11.2. The maximum absolute atomic E-state index is 11.2. The lowest BCUT2D eigenvalue weighted by molar-refractivity contribution is -0.139. The Labute approximate surface area is 119 Å². The molecule has 0 radical (unpaired) electrons. The number of ether oxygens (including phenoxy) is 2. The fraction of sp³-hybridized carbons (Fsp3) is 0.400. The molecule has 0 aromatic heterocycles. The Morgan fingerprint density at radius 2 is 2.05 bits per heavy atom. The molecular formula is C15H21NO4. The molecule has 0 saturated heterocycles. The zero-order chi connectivity index (χ0) is 15.3. The van der Waals surface area contributed by atoms with Gasteiger partial charge in [-0.05, 0) is 32.4 Å². The van der Waals surface area contributed by atoms with Gasteiger partial charge in [-0.15, -0.1) is 0 Å². The number of carbonyl (C=O) groups is 1. The Hall–Kier alpha value is -2.17. The summed E-state index contributed by atoms with van der Waals surface area (Å²) in [6.07, 6.45) is 0.559. The van der Waals surface area contributed by atoms with Gasteiger partial charge < -0.3 is 20.3 Å². The molecule has 1 rings (SSSR count). The van der Waals surface area contributed by atoms with Crippen molar-refractivity contribution in [2.75, 3.05) is 18.9 Å². The Kier molecular flexibility index (Phi) is 5.43. The van der Waals surface area contributed by atoms with Crippen LogP contribution in [0.2, 0.25) is 0 Å². The molecule has 0 spiro atoms. The van der Waals surface area contributed by atoms with Gasteiger partial charge in [-0.2, -0.15) is 0 Å². The summed E-state index contributed by atoms with van der Waals surface area (Å²) < 4.78 is 10.6. The van der Waals surface area contributed by atoms with E-state index in [0.29, 0.717) is 35.6 Å². The molecule has 0 aliphatic rings. The lowest BCUT2D eigenvalue weighted by atomic mass is 10.1. The van der Waals surface area contributed by atoms with E-state index in [1.54, 1.807) is 19.9 Å². The summed E-state index contributed by atoms with van der Waals surface area (Å²) in [5, 5.41) is 9.76. The van der Waals surface area contributed by atoms with Gasteiger partial charge in [0.05, 0.1) is 18.9 Å². The number of carbonyl (C=O) groups excluding carboxylic acids is 1. The van der Waals surface area contributed by atoms with E-state index in [-0.39, 0.29) is 12.4 Å². The van der Waals surface area contributed by atoms with Crippen LogP contribution in [0.5, 0.6) is 11.5 Å². The molecule has 3 N–H and O–H groups in total. The van der Waals surface area contributed by atoms with E-state index < -0.39 is 5.97 Å². The van der Waals surface area contributed by atoms with Crippen molar-refractivity contribution in [3.63, 3.8) is 0 Å². The number of nitrogen functional groups attached to an aromatic ring is 1. The number of hydrogen-bond acceptors (Lipinski definition) is 5. The molecule has 0 unspecified atom stereocenters. The molecule has 20 heavy (non-hydrogen) atoms. The van der Waals surface area contributed by atoms with Crippen LogP contribution in [0.4, 0.5) is 5.69 Å². The zero-order valence-electron chi connectivity index (χ0n) is 12.2. The van der Waals surface area contributed by atoms with E-state index in [1.807, 2.05) is 6.92 Å². The number of anilines is 1. The van der Waals surface area contributed by atoms with Crippen molar-refractivity contribution < 1.29 is 19.4 Å². The normalized spacial score (nSPS) is 10.2. The molecule has 0 fully saturated rings. The van der Waals surface area contributed by atoms with Gasteiger partial charge in [0.25, 0.3) is 0 Å². The largest absolute Gasteiger partial charge is 0.505 e. The molecule has 0 amide bonds. The first-order chi connectivity index (χ1) is 9.34. The fourth-order valence-corrected chi connectivity index (χ4v) is 1.73. The van der Waals surface area contributed by atoms with E-state index in [2.05, 4.69) is 6.58 Å². The third-order valence-electron chi connectivity index (χ3n) is 2.82. The Morgan fingerprint density at radius 1 is 1.40 bits per heavy atom. The highest BCUT2D eigenvalue weighted by Gasteiger charge is 2.12. The number of rotatable bonds is 6. The van der Waals surface area contributed by atoms with Crippen molar-refractivity contribution in [1.29, 1.82) is 0 Å². The van der Waals surface area contributed by atoms with Crippen molar-refractivity contribution >= 4 is 11.7 Å². The molecule has 1 aromatic carbocycles. The Bertz CT molecular complexity index is 523. The molecule has 0 heterocycles. The lowest BCUT2D eigenvalue weighted by Gasteiger charge is -2.14. The second-order valence-electron chi connectivity index (χ2n) is 4.70. The molecular weight excluding hydrogens is 258 g/mol. The number of esters is 1. The summed E-state index contributed by atoms with van der Waals surface area (Å²) in [6.45, 7) is 9.35. The zero-order valence-corrected chi connectivity index (χ0v) is 12.2. The van der Waals surface area contributed by atoms with Crippen LogP contribution in [0.15, 0.2) is 18.2 Å².